The van der Waals surface area contributed by atoms with Crippen LogP contribution in [0.4, 0.5) is 0 Å². The van der Waals surface area contributed by atoms with Crippen molar-refractivity contribution in [1.29, 1.82) is 0 Å². The van der Waals surface area contributed by atoms with Gasteiger partial charge in [0, 0.05) is 20.9 Å². The summed E-state index contributed by atoms with van der Waals surface area (Å²) < 4.78 is 1.71. The van der Waals surface area contributed by atoms with Crippen molar-refractivity contribution >= 4 is 43.4 Å². The molecule has 0 spiro atoms. The number of benzene rings is 1. The van der Waals surface area contributed by atoms with Gasteiger partial charge in [-0.3, -0.25) is 9.59 Å². The molecule has 0 saturated heterocycles. The average Bonchev–Trinajstić information content (AvgIpc) is 2.22. The van der Waals surface area contributed by atoms with Gasteiger partial charge < -0.3 is 0 Å². The summed E-state index contributed by atoms with van der Waals surface area (Å²) in [5.74, 6) is -0.113. The molecule has 0 atom stereocenters. The summed E-state index contributed by atoms with van der Waals surface area (Å²) in [4.78, 5) is 23.1. The second-order valence-corrected chi connectivity index (χ2v) is 5.23. The van der Waals surface area contributed by atoms with E-state index in [4.69, 9.17) is 0 Å². The molecule has 1 rings (SSSR count). The lowest BCUT2D eigenvalue weighted by Crippen LogP contribution is -2.07. The molecule has 2 nitrogen and oxygen atoms in total. The molecule has 16 heavy (non-hydrogen) atoms. The van der Waals surface area contributed by atoms with Crippen molar-refractivity contribution in [2.24, 2.45) is 0 Å². The van der Waals surface area contributed by atoms with Crippen LogP contribution in [0.5, 0.6) is 0 Å². The highest BCUT2D eigenvalue weighted by Gasteiger charge is 2.12. The summed E-state index contributed by atoms with van der Waals surface area (Å²) in [6.45, 7) is 1.93. The number of halogens is 2. The van der Waals surface area contributed by atoms with E-state index < -0.39 is 0 Å². The molecular formula is C12H12Br2O2. The van der Waals surface area contributed by atoms with Gasteiger partial charge in [-0.25, -0.2) is 0 Å². The molecule has 0 fully saturated rings. The van der Waals surface area contributed by atoms with Crippen molar-refractivity contribution in [3.63, 3.8) is 0 Å². The third-order valence-electron chi connectivity index (χ3n) is 2.13. The minimum atomic E-state index is -0.119. The molecule has 1 aromatic carbocycles. The first-order valence-corrected chi connectivity index (χ1v) is 6.63. The number of rotatable bonds is 5. The molecule has 1 aromatic rings. The Labute approximate surface area is 112 Å². The Bertz CT molecular complexity index is 413. The maximum absolute atomic E-state index is 11.7. The fraction of sp³-hybridized carbons (Fsp3) is 0.333. The molecule has 0 aromatic heterocycles. The summed E-state index contributed by atoms with van der Waals surface area (Å²) in [7, 11) is 0. The maximum atomic E-state index is 11.7. The molecule has 0 N–H and O–H groups in total. The van der Waals surface area contributed by atoms with Crippen LogP contribution < -0.4 is 0 Å². The Morgan fingerprint density at radius 3 is 2.44 bits per heavy atom. The van der Waals surface area contributed by atoms with E-state index in [9.17, 15) is 9.59 Å². The van der Waals surface area contributed by atoms with Crippen LogP contribution in [0, 0.1) is 0 Å². The summed E-state index contributed by atoms with van der Waals surface area (Å²) in [5, 5.41) is 0. The Morgan fingerprint density at radius 1 is 1.19 bits per heavy atom. The van der Waals surface area contributed by atoms with Crippen molar-refractivity contribution < 1.29 is 9.59 Å². The topological polar surface area (TPSA) is 34.1 Å². The van der Waals surface area contributed by atoms with Gasteiger partial charge in [0.1, 0.15) is 5.78 Å². The largest absolute Gasteiger partial charge is 0.299 e. The number of carbonyl (C=O) groups is 2. The summed E-state index contributed by atoms with van der Waals surface area (Å²) in [5.41, 5.74) is 0.569. The lowest BCUT2D eigenvalue weighted by Gasteiger charge is -2.02. The van der Waals surface area contributed by atoms with E-state index >= 15 is 0 Å². The SMILES string of the molecule is CCCC(=O)CC(=O)c1ccc(Br)c(Br)c1. The van der Waals surface area contributed by atoms with E-state index in [2.05, 4.69) is 31.9 Å². The molecule has 0 unspecified atom stereocenters. The predicted molar refractivity (Wildman–Crippen MR) is 70.7 cm³/mol. The number of ketones is 2. The molecular weight excluding hydrogens is 336 g/mol. The number of hydrogen-bond acceptors (Lipinski definition) is 2. The van der Waals surface area contributed by atoms with Crippen molar-refractivity contribution in [3.8, 4) is 0 Å². The highest BCUT2D eigenvalue weighted by atomic mass is 79.9. The van der Waals surface area contributed by atoms with Crippen molar-refractivity contribution in [2.45, 2.75) is 26.2 Å². The second kappa shape index (κ2) is 6.30. The standard InChI is InChI=1S/C12H12Br2O2/c1-2-3-9(15)7-12(16)8-4-5-10(13)11(14)6-8/h4-6H,2-3,7H2,1H3. The average molecular weight is 348 g/mol. The van der Waals surface area contributed by atoms with E-state index in [1.807, 2.05) is 6.92 Å². The highest BCUT2D eigenvalue weighted by molar-refractivity contribution is 9.13. The molecule has 0 heterocycles. The van der Waals surface area contributed by atoms with Crippen molar-refractivity contribution in [1.82, 2.24) is 0 Å². The van der Waals surface area contributed by atoms with Crippen molar-refractivity contribution in [3.05, 3.63) is 32.7 Å². The van der Waals surface area contributed by atoms with Gasteiger partial charge in [0.05, 0.1) is 6.42 Å². The van der Waals surface area contributed by atoms with Gasteiger partial charge in [0.2, 0.25) is 0 Å². The molecule has 4 heteroatoms. The lowest BCUT2D eigenvalue weighted by molar-refractivity contribution is -0.118. The van der Waals surface area contributed by atoms with Gasteiger partial charge >= 0.3 is 0 Å². The van der Waals surface area contributed by atoms with E-state index in [-0.39, 0.29) is 18.0 Å². The van der Waals surface area contributed by atoms with Gasteiger partial charge in [-0.05, 0) is 50.4 Å². The van der Waals surface area contributed by atoms with Gasteiger partial charge in [0.15, 0.2) is 5.78 Å². The normalized spacial score (nSPS) is 10.2. The number of hydrogen-bond donors (Lipinski definition) is 0. The Kier molecular flexibility index (Phi) is 5.35. The van der Waals surface area contributed by atoms with Crippen molar-refractivity contribution in [2.75, 3.05) is 0 Å². The zero-order chi connectivity index (χ0) is 12.1. The zero-order valence-corrected chi connectivity index (χ0v) is 12.1. The number of carbonyl (C=O) groups excluding carboxylic acids is 2. The minimum Gasteiger partial charge on any atom is -0.299 e. The smallest absolute Gasteiger partial charge is 0.170 e. The third kappa shape index (κ3) is 3.83. The molecule has 0 amide bonds. The van der Waals surface area contributed by atoms with Crippen LogP contribution in [0.15, 0.2) is 27.1 Å². The zero-order valence-electron chi connectivity index (χ0n) is 8.93. The third-order valence-corrected chi connectivity index (χ3v) is 4.01. The first-order valence-electron chi connectivity index (χ1n) is 5.04. The first kappa shape index (κ1) is 13.6. The molecule has 0 saturated carbocycles. The van der Waals surface area contributed by atoms with Crippen LogP contribution in [0.25, 0.3) is 0 Å². The molecule has 0 bridgehead atoms. The molecule has 0 aliphatic carbocycles. The van der Waals surface area contributed by atoms with Gasteiger partial charge in [-0.15, -0.1) is 0 Å². The molecule has 86 valence electrons. The second-order valence-electron chi connectivity index (χ2n) is 3.52. The van der Waals surface area contributed by atoms with Crippen LogP contribution in [-0.4, -0.2) is 11.6 Å². The lowest BCUT2D eigenvalue weighted by atomic mass is 10.0. The maximum Gasteiger partial charge on any atom is 0.170 e. The van der Waals surface area contributed by atoms with E-state index in [0.717, 1.165) is 15.4 Å². The van der Waals surface area contributed by atoms with Gasteiger partial charge in [-0.2, -0.15) is 0 Å². The van der Waals surface area contributed by atoms with E-state index in [1.54, 1.807) is 18.2 Å². The summed E-state index contributed by atoms with van der Waals surface area (Å²) in [6, 6.07) is 5.24. The predicted octanol–water partition coefficient (Wildman–Crippen LogP) is 4.15. The van der Waals surface area contributed by atoms with Crippen LogP contribution in [0.3, 0.4) is 0 Å². The monoisotopic (exact) mass is 346 g/mol. The minimum absolute atomic E-state index is 0.00190. The fourth-order valence-corrected chi connectivity index (χ4v) is 1.94. The fourth-order valence-electron chi connectivity index (χ4n) is 1.32. The molecule has 0 radical (unpaired) electrons. The quantitative estimate of drug-likeness (QED) is 0.592. The van der Waals surface area contributed by atoms with Gasteiger partial charge in [0.25, 0.3) is 0 Å². The van der Waals surface area contributed by atoms with Crippen LogP contribution in [-0.2, 0) is 4.79 Å². The molecule has 0 aliphatic heterocycles. The molecule has 0 aliphatic rings. The highest BCUT2D eigenvalue weighted by Crippen LogP contribution is 2.24. The number of Topliss-reactive ketones (excluding diaryl/α,β-unsaturated/α-hetero) is 2. The van der Waals surface area contributed by atoms with Gasteiger partial charge in [-0.1, -0.05) is 13.0 Å². The van der Waals surface area contributed by atoms with Crippen LogP contribution in [0.1, 0.15) is 36.5 Å². The Hall–Kier alpha value is -0.480. The van der Waals surface area contributed by atoms with E-state index in [0.29, 0.717) is 12.0 Å². The van der Waals surface area contributed by atoms with Crippen LogP contribution in [0.2, 0.25) is 0 Å². The van der Waals surface area contributed by atoms with Crippen LogP contribution >= 0.6 is 31.9 Å². The summed E-state index contributed by atoms with van der Waals surface area (Å²) >= 11 is 6.66. The first-order chi connectivity index (χ1) is 7.54. The Morgan fingerprint density at radius 2 is 1.88 bits per heavy atom. The summed E-state index contributed by atoms with van der Waals surface area (Å²) in [6.07, 6.45) is 1.27. The Balaban J connectivity index is 2.73. The van der Waals surface area contributed by atoms with E-state index in [1.165, 1.54) is 0 Å².